The van der Waals surface area contributed by atoms with Gasteiger partial charge in [0, 0.05) is 11.8 Å². The van der Waals surface area contributed by atoms with Crippen molar-refractivity contribution >= 4 is 11.6 Å². The fourth-order valence-electron chi connectivity index (χ4n) is 3.41. The number of benzene rings is 1. The molecule has 3 rings (SSSR count). The molecular formula is C17H25N2O3+. The number of likely N-dealkylation sites (N-methyl/N-ethyl adjacent to an activating group) is 1. The first kappa shape index (κ1) is 15.2. The lowest BCUT2D eigenvalue weighted by Crippen LogP contribution is -2.57. The quantitative estimate of drug-likeness (QED) is 0.870. The molecule has 2 aliphatic rings. The average Bonchev–Trinajstić information content (AvgIpc) is 3.17. The van der Waals surface area contributed by atoms with E-state index in [0.717, 1.165) is 15.9 Å². The fraction of sp³-hybridized carbons (Fsp3) is 0.588. The molecule has 0 bridgehead atoms. The van der Waals surface area contributed by atoms with E-state index in [1.807, 2.05) is 25.1 Å². The molecule has 1 aromatic carbocycles. The third-order valence-corrected chi connectivity index (χ3v) is 5.28. The third-order valence-electron chi connectivity index (χ3n) is 5.28. The van der Waals surface area contributed by atoms with Crippen LogP contribution < -0.4 is 14.8 Å². The minimum absolute atomic E-state index is 0.0516. The highest BCUT2D eigenvalue weighted by atomic mass is 16.7. The Hall–Kier alpha value is -1.75. The Morgan fingerprint density at radius 1 is 1.23 bits per heavy atom. The molecule has 0 radical (unpaired) electrons. The van der Waals surface area contributed by atoms with Crippen LogP contribution in [-0.2, 0) is 4.79 Å². The van der Waals surface area contributed by atoms with Gasteiger partial charge in [0.15, 0.2) is 17.5 Å². The number of amides is 1. The van der Waals surface area contributed by atoms with Crippen molar-refractivity contribution < 1.29 is 18.8 Å². The molecule has 1 aliphatic heterocycles. The van der Waals surface area contributed by atoms with Crippen LogP contribution in [0.3, 0.4) is 0 Å². The first-order chi connectivity index (χ1) is 10.5. The molecule has 1 aliphatic carbocycles. The average molecular weight is 305 g/mol. The van der Waals surface area contributed by atoms with Gasteiger partial charge in [-0.3, -0.25) is 4.79 Å². The fourth-order valence-corrected chi connectivity index (χ4v) is 3.41. The van der Waals surface area contributed by atoms with E-state index in [2.05, 4.69) is 19.4 Å². The molecule has 120 valence electrons. The molecule has 1 fully saturated rings. The second-order valence-corrected chi connectivity index (χ2v) is 6.80. The van der Waals surface area contributed by atoms with Gasteiger partial charge < -0.3 is 19.3 Å². The molecule has 5 nitrogen and oxygen atoms in total. The summed E-state index contributed by atoms with van der Waals surface area (Å²) < 4.78 is 11.4. The van der Waals surface area contributed by atoms with Crippen molar-refractivity contribution in [2.24, 2.45) is 0 Å². The maximum absolute atomic E-state index is 12.6. The first-order valence-electron chi connectivity index (χ1n) is 8.02. The molecule has 0 aromatic heterocycles. The Morgan fingerprint density at radius 3 is 2.64 bits per heavy atom. The summed E-state index contributed by atoms with van der Waals surface area (Å²) >= 11 is 0. The summed E-state index contributed by atoms with van der Waals surface area (Å²) in [5.74, 6) is 1.47. The Labute approximate surface area is 131 Å². The van der Waals surface area contributed by atoms with Gasteiger partial charge in [0.05, 0.1) is 20.1 Å². The van der Waals surface area contributed by atoms with Crippen LogP contribution in [0.5, 0.6) is 11.5 Å². The second kappa shape index (κ2) is 5.80. The summed E-state index contributed by atoms with van der Waals surface area (Å²) in [5, 5.41) is 3.01. The SMILES string of the molecule is C[C@@H](C(=O)Nc1ccc2c(c1)OCO2)[N+](C)(C)C1CCCC1. The van der Waals surface area contributed by atoms with Crippen LogP contribution in [0.25, 0.3) is 0 Å². The summed E-state index contributed by atoms with van der Waals surface area (Å²) in [4.78, 5) is 12.6. The normalized spacial score (nSPS) is 19.2. The minimum Gasteiger partial charge on any atom is -0.454 e. The van der Waals surface area contributed by atoms with Crippen LogP contribution in [-0.4, -0.2) is 43.4 Å². The van der Waals surface area contributed by atoms with Crippen LogP contribution in [0.2, 0.25) is 0 Å². The summed E-state index contributed by atoms with van der Waals surface area (Å²) in [7, 11) is 4.33. The molecule has 0 saturated heterocycles. The van der Waals surface area contributed by atoms with Crippen LogP contribution >= 0.6 is 0 Å². The van der Waals surface area contributed by atoms with Crippen LogP contribution in [0, 0.1) is 0 Å². The van der Waals surface area contributed by atoms with Gasteiger partial charge in [0.2, 0.25) is 6.79 Å². The summed E-state index contributed by atoms with van der Waals surface area (Å²) in [6.45, 7) is 2.26. The number of hydrogen-bond acceptors (Lipinski definition) is 3. The van der Waals surface area contributed by atoms with Crippen molar-refractivity contribution in [3.8, 4) is 11.5 Å². The Balaban J connectivity index is 1.68. The zero-order chi connectivity index (χ0) is 15.7. The number of hydrogen-bond donors (Lipinski definition) is 1. The number of ether oxygens (including phenoxy) is 2. The van der Waals surface area contributed by atoms with E-state index in [-0.39, 0.29) is 18.7 Å². The molecule has 1 N–H and O–H groups in total. The van der Waals surface area contributed by atoms with E-state index in [0.29, 0.717) is 11.8 Å². The number of nitrogens with zero attached hydrogens (tertiary/aromatic N) is 1. The number of fused-ring (bicyclic) bond motifs is 1. The zero-order valence-corrected chi connectivity index (χ0v) is 13.6. The molecule has 1 heterocycles. The highest BCUT2D eigenvalue weighted by Crippen LogP contribution is 2.34. The molecule has 1 atom stereocenters. The number of carbonyl (C=O) groups is 1. The van der Waals surface area contributed by atoms with Crippen molar-refractivity contribution in [2.75, 3.05) is 26.2 Å². The van der Waals surface area contributed by atoms with E-state index in [1.165, 1.54) is 25.7 Å². The molecule has 1 amide bonds. The molecule has 1 aromatic rings. The van der Waals surface area contributed by atoms with Crippen molar-refractivity contribution in [1.82, 2.24) is 0 Å². The third kappa shape index (κ3) is 2.77. The van der Waals surface area contributed by atoms with E-state index in [1.54, 1.807) is 0 Å². The lowest BCUT2D eigenvalue weighted by molar-refractivity contribution is -0.927. The summed E-state index contributed by atoms with van der Waals surface area (Å²) in [6, 6.07) is 6.00. The van der Waals surface area contributed by atoms with Gasteiger partial charge in [0.25, 0.3) is 5.91 Å². The molecular weight excluding hydrogens is 280 g/mol. The highest BCUT2D eigenvalue weighted by Gasteiger charge is 2.39. The number of anilines is 1. The minimum atomic E-state index is -0.0893. The maximum atomic E-state index is 12.6. The van der Waals surface area contributed by atoms with Crippen LogP contribution in [0.1, 0.15) is 32.6 Å². The zero-order valence-electron chi connectivity index (χ0n) is 13.6. The topological polar surface area (TPSA) is 47.6 Å². The predicted octanol–water partition coefficient (Wildman–Crippen LogP) is 2.76. The number of quaternary nitrogens is 1. The smallest absolute Gasteiger partial charge is 0.282 e. The monoisotopic (exact) mass is 305 g/mol. The predicted molar refractivity (Wildman–Crippen MR) is 85.0 cm³/mol. The van der Waals surface area contributed by atoms with Gasteiger partial charge in [-0.05, 0) is 44.7 Å². The van der Waals surface area contributed by atoms with Crippen LogP contribution in [0.15, 0.2) is 18.2 Å². The number of carbonyl (C=O) groups excluding carboxylic acids is 1. The molecule has 5 heteroatoms. The van der Waals surface area contributed by atoms with Gasteiger partial charge in [-0.2, -0.15) is 0 Å². The molecule has 0 spiro atoms. The summed E-state index contributed by atoms with van der Waals surface area (Å²) in [6.07, 6.45) is 5.00. The van der Waals surface area contributed by atoms with E-state index >= 15 is 0 Å². The van der Waals surface area contributed by atoms with Crippen molar-refractivity contribution in [1.29, 1.82) is 0 Å². The molecule has 1 saturated carbocycles. The lowest BCUT2D eigenvalue weighted by Gasteiger charge is -2.40. The first-order valence-corrected chi connectivity index (χ1v) is 8.02. The highest BCUT2D eigenvalue weighted by molar-refractivity contribution is 5.94. The van der Waals surface area contributed by atoms with Gasteiger partial charge in [-0.25, -0.2) is 0 Å². The standard InChI is InChI=1S/C17H24N2O3/c1-12(19(2,3)14-6-4-5-7-14)17(20)18-13-8-9-15-16(10-13)22-11-21-15/h8-10,12,14H,4-7,11H2,1-3H3/p+1/t12-/m0/s1. The van der Waals surface area contributed by atoms with Gasteiger partial charge in [-0.1, -0.05) is 0 Å². The second-order valence-electron chi connectivity index (χ2n) is 6.80. The van der Waals surface area contributed by atoms with Crippen molar-refractivity contribution in [3.63, 3.8) is 0 Å². The van der Waals surface area contributed by atoms with E-state index < -0.39 is 0 Å². The maximum Gasteiger partial charge on any atom is 0.282 e. The van der Waals surface area contributed by atoms with Crippen LogP contribution in [0.4, 0.5) is 5.69 Å². The van der Waals surface area contributed by atoms with E-state index in [4.69, 9.17) is 9.47 Å². The Morgan fingerprint density at radius 2 is 1.91 bits per heavy atom. The number of nitrogens with one attached hydrogen (secondary N) is 1. The molecule has 22 heavy (non-hydrogen) atoms. The summed E-state index contributed by atoms with van der Waals surface area (Å²) in [5.41, 5.74) is 0.757. The lowest BCUT2D eigenvalue weighted by atomic mass is 10.1. The largest absolute Gasteiger partial charge is 0.454 e. The molecule has 0 unspecified atom stereocenters. The Kier molecular flexibility index (Phi) is 4.00. The van der Waals surface area contributed by atoms with E-state index in [9.17, 15) is 4.79 Å². The Bertz CT molecular complexity index is 565. The van der Waals surface area contributed by atoms with Gasteiger partial charge in [-0.15, -0.1) is 0 Å². The van der Waals surface area contributed by atoms with Gasteiger partial charge >= 0.3 is 0 Å². The number of rotatable bonds is 4. The van der Waals surface area contributed by atoms with Crippen molar-refractivity contribution in [2.45, 2.75) is 44.7 Å². The van der Waals surface area contributed by atoms with Gasteiger partial charge in [0.1, 0.15) is 0 Å². The van der Waals surface area contributed by atoms with Crippen molar-refractivity contribution in [3.05, 3.63) is 18.2 Å².